The topological polar surface area (TPSA) is 3.24 Å². The summed E-state index contributed by atoms with van der Waals surface area (Å²) >= 11 is 0. The van der Waals surface area contributed by atoms with Gasteiger partial charge in [0.15, 0.2) is 0 Å². The minimum absolute atomic E-state index is 0.778. The van der Waals surface area contributed by atoms with Gasteiger partial charge < -0.3 is 0 Å². The molecule has 0 spiro atoms. The molecule has 2 heterocycles. The highest BCUT2D eigenvalue weighted by atomic mass is 15.2. The fourth-order valence-electron chi connectivity index (χ4n) is 2.73. The van der Waals surface area contributed by atoms with Crippen molar-refractivity contribution in [3.8, 4) is 0 Å². The molecule has 0 aromatic carbocycles. The molecule has 0 amide bonds. The number of allylic oxidation sites excluding steroid dienone is 1. The molecule has 68 valence electrons. The van der Waals surface area contributed by atoms with Gasteiger partial charge in [-0.25, -0.2) is 0 Å². The maximum Gasteiger partial charge on any atom is 0.0281 e. The summed E-state index contributed by atoms with van der Waals surface area (Å²) in [7, 11) is 0. The number of hydrogen-bond acceptors (Lipinski definition) is 1. The Bertz CT molecular complexity index is 174. The van der Waals surface area contributed by atoms with Gasteiger partial charge >= 0.3 is 0 Å². The number of fused-ring (bicyclic) bond motifs is 1. The van der Waals surface area contributed by atoms with E-state index in [-0.39, 0.29) is 0 Å². The minimum Gasteiger partial charge on any atom is -0.294 e. The van der Waals surface area contributed by atoms with Gasteiger partial charge in [-0.05, 0) is 39.2 Å². The first-order valence-corrected chi connectivity index (χ1v) is 5.30. The van der Waals surface area contributed by atoms with Crippen molar-refractivity contribution in [1.82, 2.24) is 4.90 Å². The van der Waals surface area contributed by atoms with Crippen LogP contribution in [0.1, 0.15) is 39.0 Å². The fourth-order valence-corrected chi connectivity index (χ4v) is 2.73. The number of hydrogen-bond donors (Lipinski definition) is 0. The Morgan fingerprint density at radius 3 is 2.92 bits per heavy atom. The van der Waals surface area contributed by atoms with E-state index >= 15 is 0 Å². The average molecular weight is 165 g/mol. The molecule has 12 heavy (non-hydrogen) atoms. The van der Waals surface area contributed by atoms with Crippen LogP contribution in [0.15, 0.2) is 12.2 Å². The lowest BCUT2D eigenvalue weighted by Crippen LogP contribution is -2.38. The standard InChI is InChI=1S/C11H19N/c1-2-5-10-7-8-11-6-3-4-9-12(10)11/h2,5,10-11H,3-4,6-9H2,1H3/b5-2+/t10-,11-/m1/s1. The Morgan fingerprint density at radius 2 is 2.08 bits per heavy atom. The van der Waals surface area contributed by atoms with Gasteiger partial charge in [-0.15, -0.1) is 0 Å². The second-order valence-electron chi connectivity index (χ2n) is 4.06. The number of nitrogens with zero attached hydrogens (tertiary/aromatic N) is 1. The highest BCUT2D eigenvalue weighted by Gasteiger charge is 2.32. The molecule has 2 aliphatic rings. The molecule has 1 nitrogen and oxygen atoms in total. The molecule has 0 aromatic heterocycles. The molecule has 0 radical (unpaired) electrons. The second-order valence-corrected chi connectivity index (χ2v) is 4.06. The van der Waals surface area contributed by atoms with Gasteiger partial charge in [0.25, 0.3) is 0 Å². The van der Waals surface area contributed by atoms with Crippen molar-refractivity contribution in [3.05, 3.63) is 12.2 Å². The third-order valence-corrected chi connectivity index (χ3v) is 3.31. The Hall–Kier alpha value is -0.300. The third-order valence-electron chi connectivity index (χ3n) is 3.31. The summed E-state index contributed by atoms with van der Waals surface area (Å²) in [6.07, 6.45) is 11.8. The predicted molar refractivity (Wildman–Crippen MR) is 52.2 cm³/mol. The van der Waals surface area contributed by atoms with E-state index in [9.17, 15) is 0 Å². The quantitative estimate of drug-likeness (QED) is 0.540. The third kappa shape index (κ3) is 1.42. The van der Waals surface area contributed by atoms with Crippen molar-refractivity contribution >= 4 is 0 Å². The van der Waals surface area contributed by atoms with E-state index in [2.05, 4.69) is 24.0 Å². The zero-order valence-corrected chi connectivity index (χ0v) is 8.00. The molecule has 2 atom stereocenters. The van der Waals surface area contributed by atoms with Crippen LogP contribution in [-0.4, -0.2) is 23.5 Å². The molecule has 0 N–H and O–H groups in total. The zero-order valence-electron chi connectivity index (χ0n) is 8.00. The van der Waals surface area contributed by atoms with Crippen LogP contribution in [0.2, 0.25) is 0 Å². The monoisotopic (exact) mass is 165 g/mol. The molecule has 2 fully saturated rings. The molecule has 0 unspecified atom stereocenters. The van der Waals surface area contributed by atoms with E-state index in [0.717, 1.165) is 12.1 Å². The van der Waals surface area contributed by atoms with Crippen molar-refractivity contribution < 1.29 is 0 Å². The van der Waals surface area contributed by atoms with Gasteiger partial charge in [0.2, 0.25) is 0 Å². The smallest absolute Gasteiger partial charge is 0.0281 e. The van der Waals surface area contributed by atoms with Crippen LogP contribution >= 0.6 is 0 Å². The van der Waals surface area contributed by atoms with E-state index < -0.39 is 0 Å². The highest BCUT2D eigenvalue weighted by molar-refractivity contribution is 5.00. The summed E-state index contributed by atoms with van der Waals surface area (Å²) < 4.78 is 0. The first kappa shape index (κ1) is 8.31. The Morgan fingerprint density at radius 1 is 1.17 bits per heavy atom. The van der Waals surface area contributed by atoms with Gasteiger partial charge in [0, 0.05) is 12.1 Å². The SMILES string of the molecule is C/C=C/[C@@H]1CC[C@H]2CCCCN21. The van der Waals surface area contributed by atoms with E-state index in [1.54, 1.807) is 0 Å². The van der Waals surface area contributed by atoms with E-state index in [4.69, 9.17) is 0 Å². The molecule has 2 aliphatic heterocycles. The van der Waals surface area contributed by atoms with Gasteiger partial charge in [0.1, 0.15) is 0 Å². The van der Waals surface area contributed by atoms with Crippen LogP contribution in [0.5, 0.6) is 0 Å². The van der Waals surface area contributed by atoms with Gasteiger partial charge in [0.05, 0.1) is 0 Å². The molecular formula is C11H19N. The maximum atomic E-state index is 2.71. The van der Waals surface area contributed by atoms with Crippen molar-refractivity contribution in [2.24, 2.45) is 0 Å². The van der Waals surface area contributed by atoms with Crippen LogP contribution in [0.4, 0.5) is 0 Å². The van der Waals surface area contributed by atoms with Crippen LogP contribution < -0.4 is 0 Å². The molecule has 0 saturated carbocycles. The summed E-state index contributed by atoms with van der Waals surface area (Å²) in [5.74, 6) is 0. The molecule has 0 bridgehead atoms. The van der Waals surface area contributed by atoms with Crippen LogP contribution in [-0.2, 0) is 0 Å². The van der Waals surface area contributed by atoms with Gasteiger partial charge in [-0.3, -0.25) is 4.90 Å². The Balaban J connectivity index is 2.00. The summed E-state index contributed by atoms with van der Waals surface area (Å²) in [6.45, 7) is 3.48. The van der Waals surface area contributed by atoms with E-state index in [1.807, 2.05) is 0 Å². The zero-order chi connectivity index (χ0) is 8.39. The second kappa shape index (κ2) is 3.61. The molecular weight excluding hydrogens is 146 g/mol. The number of piperidine rings is 1. The molecule has 1 heteroatoms. The summed E-state index contributed by atoms with van der Waals surface area (Å²) in [6, 6.07) is 1.71. The Labute approximate surface area is 75.4 Å². The first-order chi connectivity index (χ1) is 5.92. The molecule has 2 rings (SSSR count). The van der Waals surface area contributed by atoms with Crippen molar-refractivity contribution in [3.63, 3.8) is 0 Å². The van der Waals surface area contributed by atoms with Crippen LogP contribution in [0, 0.1) is 0 Å². The summed E-state index contributed by atoms with van der Waals surface area (Å²) in [5.41, 5.74) is 0. The first-order valence-electron chi connectivity index (χ1n) is 5.30. The van der Waals surface area contributed by atoms with Gasteiger partial charge in [-0.2, -0.15) is 0 Å². The fraction of sp³-hybridized carbons (Fsp3) is 0.818. The normalized spacial score (nSPS) is 37.4. The molecule has 0 aromatic rings. The van der Waals surface area contributed by atoms with E-state index in [1.165, 1.54) is 38.6 Å². The minimum atomic E-state index is 0.778. The van der Waals surface area contributed by atoms with Gasteiger partial charge in [-0.1, -0.05) is 18.6 Å². The van der Waals surface area contributed by atoms with Crippen molar-refractivity contribution in [1.29, 1.82) is 0 Å². The van der Waals surface area contributed by atoms with E-state index in [0.29, 0.717) is 0 Å². The molecule has 0 aliphatic carbocycles. The summed E-state index contributed by atoms with van der Waals surface area (Å²) in [4.78, 5) is 2.71. The largest absolute Gasteiger partial charge is 0.294 e. The number of rotatable bonds is 1. The lowest BCUT2D eigenvalue weighted by Gasteiger charge is -2.32. The van der Waals surface area contributed by atoms with Crippen molar-refractivity contribution in [2.45, 2.75) is 51.1 Å². The van der Waals surface area contributed by atoms with Crippen LogP contribution in [0.3, 0.4) is 0 Å². The summed E-state index contributed by atoms with van der Waals surface area (Å²) in [5, 5.41) is 0. The lowest BCUT2D eigenvalue weighted by molar-refractivity contribution is 0.170. The van der Waals surface area contributed by atoms with Crippen LogP contribution in [0.25, 0.3) is 0 Å². The highest BCUT2D eigenvalue weighted by Crippen LogP contribution is 2.31. The maximum absolute atomic E-state index is 2.71. The predicted octanol–water partition coefficient (Wildman–Crippen LogP) is 2.58. The lowest BCUT2D eigenvalue weighted by atomic mass is 10.0. The Kier molecular flexibility index (Phi) is 2.50. The molecule has 2 saturated heterocycles. The van der Waals surface area contributed by atoms with Crippen molar-refractivity contribution in [2.75, 3.05) is 6.54 Å². The average Bonchev–Trinajstić information content (AvgIpc) is 2.50.